The number of hydrogen-bond donors (Lipinski definition) is 1. The summed E-state index contributed by atoms with van der Waals surface area (Å²) in [5.74, 6) is -0.367. The lowest BCUT2D eigenvalue weighted by Crippen LogP contribution is -2.10. The van der Waals surface area contributed by atoms with E-state index in [9.17, 15) is 19.7 Å². The zero-order valence-corrected chi connectivity index (χ0v) is 16.7. The molecule has 7 nitrogen and oxygen atoms in total. The molecule has 144 valence electrons. The molecule has 0 aliphatic heterocycles. The first kappa shape index (κ1) is 19.8. The summed E-state index contributed by atoms with van der Waals surface area (Å²) in [6, 6.07) is 12.5. The Kier molecular flexibility index (Phi) is 5.96. The number of methoxy groups -OCH3 is 1. The normalized spacial score (nSPS) is 10.6. The lowest BCUT2D eigenvalue weighted by molar-refractivity contribution is -0.384. The number of thiophene rings is 1. The number of carbonyl (C=O) groups excluding carboxylic acids is 2. The van der Waals surface area contributed by atoms with Crippen molar-refractivity contribution in [1.82, 2.24) is 0 Å². The number of anilines is 1. The number of nitrogens with one attached hydrogen (secondary N) is 1. The van der Waals surface area contributed by atoms with Gasteiger partial charge in [-0.3, -0.25) is 14.9 Å². The fourth-order valence-corrected chi connectivity index (χ4v) is 4.94. The average Bonchev–Trinajstić information content (AvgIpc) is 3.04. The van der Waals surface area contributed by atoms with Gasteiger partial charge in [0.2, 0.25) is 5.91 Å². The molecule has 0 fully saturated rings. The number of nitro groups is 1. The molecule has 0 saturated carbocycles. The first-order chi connectivity index (χ1) is 13.4. The van der Waals surface area contributed by atoms with Gasteiger partial charge in [0.25, 0.3) is 5.69 Å². The van der Waals surface area contributed by atoms with Crippen molar-refractivity contribution in [2.75, 3.05) is 12.4 Å². The van der Waals surface area contributed by atoms with Crippen molar-refractivity contribution in [1.29, 1.82) is 0 Å². The molecule has 3 rings (SSSR count). The number of non-ortho nitro benzene ring substituents is 1. The minimum absolute atomic E-state index is 0.0740. The molecule has 28 heavy (non-hydrogen) atoms. The highest BCUT2D eigenvalue weighted by molar-refractivity contribution is 7.98. The third-order valence-electron chi connectivity index (χ3n) is 3.86. The van der Waals surface area contributed by atoms with E-state index < -0.39 is 10.9 Å². The Labute approximate surface area is 168 Å². The Balaban J connectivity index is 2.17. The van der Waals surface area contributed by atoms with E-state index in [2.05, 4.69) is 5.32 Å². The van der Waals surface area contributed by atoms with Crippen LogP contribution in [0.5, 0.6) is 0 Å². The van der Waals surface area contributed by atoms with Gasteiger partial charge in [-0.15, -0.1) is 23.1 Å². The molecule has 1 amide bonds. The van der Waals surface area contributed by atoms with Crippen LogP contribution in [-0.4, -0.2) is 23.9 Å². The molecule has 0 atom stereocenters. The van der Waals surface area contributed by atoms with Gasteiger partial charge in [0.1, 0.15) is 4.88 Å². The Morgan fingerprint density at radius 2 is 1.96 bits per heavy atom. The number of thioether (sulfide) groups is 1. The summed E-state index contributed by atoms with van der Waals surface area (Å²) in [6.07, 6.45) is 0. The maximum absolute atomic E-state index is 12.2. The van der Waals surface area contributed by atoms with Gasteiger partial charge in [-0.25, -0.2) is 4.79 Å². The number of carbonyl (C=O) groups is 2. The van der Waals surface area contributed by atoms with Gasteiger partial charge in [0.05, 0.1) is 17.7 Å². The van der Waals surface area contributed by atoms with Crippen molar-refractivity contribution >= 4 is 56.4 Å². The lowest BCUT2D eigenvalue weighted by atomic mass is 10.2. The monoisotopic (exact) mass is 416 g/mol. The highest BCUT2D eigenvalue weighted by Crippen LogP contribution is 2.44. The smallest absolute Gasteiger partial charge is 0.350 e. The van der Waals surface area contributed by atoms with Crippen molar-refractivity contribution in [3.63, 3.8) is 0 Å². The van der Waals surface area contributed by atoms with Crippen molar-refractivity contribution in [2.45, 2.75) is 17.6 Å². The van der Waals surface area contributed by atoms with Gasteiger partial charge in [-0.1, -0.05) is 30.3 Å². The minimum Gasteiger partial charge on any atom is -0.465 e. The highest BCUT2D eigenvalue weighted by atomic mass is 32.2. The molecule has 9 heteroatoms. The Morgan fingerprint density at radius 1 is 1.25 bits per heavy atom. The summed E-state index contributed by atoms with van der Waals surface area (Å²) < 4.78 is 5.35. The quantitative estimate of drug-likeness (QED) is 0.267. The second-order valence-electron chi connectivity index (χ2n) is 5.83. The predicted octanol–water partition coefficient (Wildman–Crippen LogP) is 4.85. The van der Waals surface area contributed by atoms with Crippen LogP contribution in [-0.2, 0) is 15.3 Å². The van der Waals surface area contributed by atoms with Crippen molar-refractivity contribution in [3.8, 4) is 0 Å². The zero-order valence-electron chi connectivity index (χ0n) is 15.1. The van der Waals surface area contributed by atoms with E-state index in [-0.39, 0.29) is 16.5 Å². The maximum atomic E-state index is 12.2. The minimum atomic E-state index is -0.605. The van der Waals surface area contributed by atoms with E-state index in [1.54, 1.807) is 0 Å². The first-order valence-corrected chi connectivity index (χ1v) is 9.98. The standard InChI is InChI=1S/C19H16N2O5S2/c1-11(22)20-17-16-14(27-10-12-6-4-3-5-7-12)8-13(21(24)25)9-15(16)28-18(17)19(23)26-2/h3-9H,10H2,1-2H3,(H,20,22). The van der Waals surface area contributed by atoms with Crippen molar-refractivity contribution < 1.29 is 19.2 Å². The molecule has 0 radical (unpaired) electrons. The molecule has 2 aromatic carbocycles. The molecule has 0 aliphatic rings. The average molecular weight is 416 g/mol. The number of ether oxygens (including phenoxy) is 1. The van der Waals surface area contributed by atoms with Crippen molar-refractivity contribution in [2.24, 2.45) is 0 Å². The third-order valence-corrected chi connectivity index (χ3v) is 6.09. The molecule has 0 spiro atoms. The van der Waals surface area contributed by atoms with E-state index in [0.29, 0.717) is 26.4 Å². The van der Waals surface area contributed by atoms with Gasteiger partial charge >= 0.3 is 5.97 Å². The van der Waals surface area contributed by atoms with Gasteiger partial charge in [0.15, 0.2) is 0 Å². The summed E-state index contributed by atoms with van der Waals surface area (Å²) in [5, 5.41) is 14.7. The SMILES string of the molecule is COC(=O)c1sc2cc([N+](=O)[O-])cc(SCc3ccccc3)c2c1NC(C)=O. The molecular formula is C19H16N2O5S2. The van der Waals surface area contributed by atoms with E-state index in [1.807, 2.05) is 30.3 Å². The Morgan fingerprint density at radius 3 is 2.57 bits per heavy atom. The number of nitrogens with zero attached hydrogens (tertiary/aromatic N) is 1. The van der Waals surface area contributed by atoms with Crippen LogP contribution in [0.4, 0.5) is 11.4 Å². The fourth-order valence-electron chi connectivity index (χ4n) is 2.66. The molecule has 0 bridgehead atoms. The van der Waals surface area contributed by atoms with Gasteiger partial charge in [-0.05, 0) is 5.56 Å². The van der Waals surface area contributed by atoms with Crippen LogP contribution in [0.3, 0.4) is 0 Å². The zero-order chi connectivity index (χ0) is 20.3. The number of rotatable bonds is 6. The molecule has 1 N–H and O–H groups in total. The number of benzene rings is 2. The van der Waals surface area contributed by atoms with Gasteiger partial charge in [-0.2, -0.15) is 0 Å². The van der Waals surface area contributed by atoms with Crippen LogP contribution in [0.15, 0.2) is 47.4 Å². The summed E-state index contributed by atoms with van der Waals surface area (Å²) >= 11 is 2.47. The van der Waals surface area contributed by atoms with E-state index >= 15 is 0 Å². The molecule has 1 heterocycles. The van der Waals surface area contributed by atoms with Gasteiger partial charge < -0.3 is 10.1 Å². The first-order valence-electron chi connectivity index (χ1n) is 8.18. The van der Waals surface area contributed by atoms with Crippen LogP contribution in [0, 0.1) is 10.1 Å². The molecular weight excluding hydrogens is 400 g/mol. The molecule has 0 aliphatic carbocycles. The molecule has 0 unspecified atom stereocenters. The maximum Gasteiger partial charge on any atom is 0.350 e. The van der Waals surface area contributed by atoms with Crippen LogP contribution >= 0.6 is 23.1 Å². The molecule has 0 saturated heterocycles. The predicted molar refractivity (Wildman–Crippen MR) is 110 cm³/mol. The lowest BCUT2D eigenvalue weighted by Gasteiger charge is -2.08. The van der Waals surface area contributed by atoms with Crippen molar-refractivity contribution in [3.05, 3.63) is 63.0 Å². The second-order valence-corrected chi connectivity index (χ2v) is 7.90. The molecule has 3 aromatic rings. The summed E-state index contributed by atoms with van der Waals surface area (Å²) in [5.41, 5.74) is 1.30. The number of esters is 1. The number of amides is 1. The topological polar surface area (TPSA) is 98.5 Å². The van der Waals surface area contributed by atoms with Crippen LogP contribution in [0.2, 0.25) is 0 Å². The Hall–Kier alpha value is -2.91. The number of nitro benzene ring substituents is 1. The summed E-state index contributed by atoms with van der Waals surface area (Å²) in [6.45, 7) is 1.34. The van der Waals surface area contributed by atoms with E-state index in [0.717, 1.165) is 16.9 Å². The summed E-state index contributed by atoms with van der Waals surface area (Å²) in [7, 11) is 1.25. The van der Waals surface area contributed by atoms with Crippen LogP contribution < -0.4 is 5.32 Å². The summed E-state index contributed by atoms with van der Waals surface area (Å²) in [4.78, 5) is 35.6. The largest absolute Gasteiger partial charge is 0.465 e. The van der Waals surface area contributed by atoms with Gasteiger partial charge in [0, 0.05) is 39.8 Å². The van der Waals surface area contributed by atoms with Crippen LogP contribution in [0.25, 0.3) is 10.1 Å². The van der Waals surface area contributed by atoms with E-state index in [1.165, 1.54) is 37.9 Å². The highest BCUT2D eigenvalue weighted by Gasteiger charge is 2.25. The third kappa shape index (κ3) is 4.15. The number of fused-ring (bicyclic) bond motifs is 1. The van der Waals surface area contributed by atoms with Crippen LogP contribution in [0.1, 0.15) is 22.2 Å². The Bertz CT molecular complexity index is 1060. The van der Waals surface area contributed by atoms with E-state index in [4.69, 9.17) is 4.74 Å². The number of hydrogen-bond acceptors (Lipinski definition) is 7. The molecule has 1 aromatic heterocycles. The fraction of sp³-hybridized carbons (Fsp3) is 0.158. The second kappa shape index (κ2) is 8.41.